The van der Waals surface area contributed by atoms with E-state index < -0.39 is 0 Å². The van der Waals surface area contributed by atoms with E-state index in [0.29, 0.717) is 0 Å². The van der Waals surface area contributed by atoms with E-state index in [9.17, 15) is 0 Å². The first kappa shape index (κ1) is 10.7. The molecule has 2 rings (SSSR count). The van der Waals surface area contributed by atoms with Gasteiger partial charge >= 0.3 is 0 Å². The molecule has 80 valence electrons. The number of aryl methyl sites for hydroxylation is 1. The fourth-order valence-corrected chi connectivity index (χ4v) is 1.94. The Morgan fingerprint density at radius 1 is 1.00 bits per heavy atom. The second-order valence-corrected chi connectivity index (χ2v) is 4.03. The molecule has 0 fully saturated rings. The van der Waals surface area contributed by atoms with Crippen LogP contribution in [0.5, 0.6) is 0 Å². The largest absolute Gasteiger partial charge is 0.0911 e. The molecule has 0 atom stereocenters. The molecule has 0 aliphatic heterocycles. The number of rotatable bonds is 1. The number of hydrogen-bond donors (Lipinski definition) is 0. The first-order valence-electron chi connectivity index (χ1n) is 5.53. The minimum atomic E-state index is 1.08. The van der Waals surface area contributed by atoms with Gasteiger partial charge in [-0.15, -0.1) is 0 Å². The van der Waals surface area contributed by atoms with E-state index in [1.54, 1.807) is 0 Å². The second-order valence-electron chi connectivity index (χ2n) is 4.03. The molecule has 0 nitrogen and oxygen atoms in total. The van der Waals surface area contributed by atoms with Crippen LogP contribution in [0.4, 0.5) is 0 Å². The van der Waals surface area contributed by atoms with Gasteiger partial charge in [0.25, 0.3) is 0 Å². The Kier molecular flexibility index (Phi) is 2.91. The highest BCUT2D eigenvalue weighted by atomic mass is 14.0. The zero-order valence-corrected chi connectivity index (χ0v) is 9.83. The quantitative estimate of drug-likeness (QED) is 0.676. The second kappa shape index (κ2) is 4.36. The number of benzene rings is 2. The summed E-state index contributed by atoms with van der Waals surface area (Å²) >= 11 is 0. The third kappa shape index (κ3) is 1.92. The molecule has 0 radical (unpaired) electrons. The van der Waals surface area contributed by atoms with Crippen LogP contribution in [-0.2, 0) is 0 Å². The Labute approximate surface area is 96.6 Å². The standard InChI is InChI=1S/C16H16/c1-4-15-13(3)6-5-7-16(15)14-10-8-12(2)9-11-14/h4-11H,3H2,1-2H3/b15-4+. The molecule has 0 aliphatic carbocycles. The molecule has 2 aromatic rings. The smallest absolute Gasteiger partial charge is 0.0109 e. The van der Waals surface area contributed by atoms with Crippen molar-refractivity contribution in [2.45, 2.75) is 13.8 Å². The van der Waals surface area contributed by atoms with Crippen molar-refractivity contribution in [3.05, 3.63) is 58.5 Å². The third-order valence-corrected chi connectivity index (χ3v) is 2.85. The molecule has 0 heteroatoms. The molecule has 0 heterocycles. The Bertz CT molecular complexity index is 589. The lowest BCUT2D eigenvalue weighted by Gasteiger charge is -2.04. The summed E-state index contributed by atoms with van der Waals surface area (Å²) in [6.07, 6.45) is 2.12. The van der Waals surface area contributed by atoms with Gasteiger partial charge in [-0.05, 0) is 35.4 Å². The molecule has 0 spiro atoms. The maximum Gasteiger partial charge on any atom is -0.0109 e. The molecule has 0 aromatic heterocycles. The summed E-state index contributed by atoms with van der Waals surface area (Å²) in [5.41, 5.74) is 3.80. The van der Waals surface area contributed by atoms with Gasteiger partial charge in [-0.2, -0.15) is 0 Å². The van der Waals surface area contributed by atoms with Gasteiger partial charge in [-0.25, -0.2) is 0 Å². The maximum atomic E-state index is 4.06. The highest BCUT2D eigenvalue weighted by Crippen LogP contribution is 2.14. The molecule has 16 heavy (non-hydrogen) atoms. The van der Waals surface area contributed by atoms with Gasteiger partial charge in [-0.1, -0.05) is 60.7 Å². The fraction of sp³-hybridized carbons (Fsp3) is 0.125. The third-order valence-electron chi connectivity index (χ3n) is 2.85. The average molecular weight is 208 g/mol. The van der Waals surface area contributed by atoms with E-state index in [2.05, 4.69) is 62.9 Å². The summed E-state index contributed by atoms with van der Waals surface area (Å²) in [5, 5.41) is 2.31. The molecule has 0 aliphatic rings. The van der Waals surface area contributed by atoms with Crippen LogP contribution in [0.2, 0.25) is 0 Å². The van der Waals surface area contributed by atoms with Gasteiger partial charge in [-0.3, -0.25) is 0 Å². The average Bonchev–Trinajstić information content (AvgIpc) is 2.30. The van der Waals surface area contributed by atoms with E-state index in [1.165, 1.54) is 21.9 Å². The van der Waals surface area contributed by atoms with Crippen molar-refractivity contribution in [3.8, 4) is 11.1 Å². The van der Waals surface area contributed by atoms with Gasteiger partial charge in [0.1, 0.15) is 0 Å². The Hall–Kier alpha value is -1.82. The van der Waals surface area contributed by atoms with Gasteiger partial charge in [0.2, 0.25) is 0 Å². The molecule has 0 N–H and O–H groups in total. The summed E-state index contributed by atoms with van der Waals surface area (Å²) in [6.45, 7) is 8.23. The highest BCUT2D eigenvalue weighted by molar-refractivity contribution is 5.65. The first-order chi connectivity index (χ1) is 7.72. The lowest BCUT2D eigenvalue weighted by Crippen LogP contribution is -2.24. The normalized spacial score (nSPS) is 11.8. The topological polar surface area (TPSA) is 0 Å². The summed E-state index contributed by atoms with van der Waals surface area (Å²) in [4.78, 5) is 0. The lowest BCUT2D eigenvalue weighted by atomic mass is 10.0. The van der Waals surface area contributed by atoms with Crippen LogP contribution in [0.1, 0.15) is 12.5 Å². The fourth-order valence-electron chi connectivity index (χ4n) is 1.94. The Morgan fingerprint density at radius 3 is 2.31 bits per heavy atom. The van der Waals surface area contributed by atoms with Crippen LogP contribution in [0, 0.1) is 6.92 Å². The van der Waals surface area contributed by atoms with E-state index >= 15 is 0 Å². The predicted octanol–water partition coefficient (Wildman–Crippen LogP) is 2.87. The van der Waals surface area contributed by atoms with Crippen LogP contribution >= 0.6 is 0 Å². The first-order valence-corrected chi connectivity index (χ1v) is 5.53. The van der Waals surface area contributed by atoms with Gasteiger partial charge < -0.3 is 0 Å². The molecule has 0 amide bonds. The minimum Gasteiger partial charge on any atom is -0.0911 e. The molecule has 0 saturated heterocycles. The predicted molar refractivity (Wildman–Crippen MR) is 71.5 cm³/mol. The zero-order chi connectivity index (χ0) is 11.5. The van der Waals surface area contributed by atoms with Crippen molar-refractivity contribution in [1.29, 1.82) is 0 Å². The van der Waals surface area contributed by atoms with Crippen molar-refractivity contribution in [1.82, 2.24) is 0 Å². The molecule has 0 saturated carbocycles. The van der Waals surface area contributed by atoms with Crippen LogP contribution in [0.3, 0.4) is 0 Å². The summed E-state index contributed by atoms with van der Waals surface area (Å²) < 4.78 is 0. The van der Waals surface area contributed by atoms with E-state index in [4.69, 9.17) is 0 Å². The minimum absolute atomic E-state index is 1.08. The SMILES string of the molecule is C=c1cccc(-c2ccc(C)cc2)/c1=C/C. The van der Waals surface area contributed by atoms with Crippen LogP contribution in [0.25, 0.3) is 23.8 Å². The van der Waals surface area contributed by atoms with Crippen LogP contribution in [0.15, 0.2) is 42.5 Å². The summed E-state index contributed by atoms with van der Waals surface area (Å²) in [7, 11) is 0. The van der Waals surface area contributed by atoms with Crippen LogP contribution in [-0.4, -0.2) is 0 Å². The van der Waals surface area contributed by atoms with Crippen molar-refractivity contribution >= 4 is 12.7 Å². The Morgan fingerprint density at radius 2 is 1.69 bits per heavy atom. The number of hydrogen-bond acceptors (Lipinski definition) is 0. The van der Waals surface area contributed by atoms with E-state index in [-0.39, 0.29) is 0 Å². The van der Waals surface area contributed by atoms with E-state index in [0.717, 1.165) is 5.22 Å². The van der Waals surface area contributed by atoms with Crippen molar-refractivity contribution < 1.29 is 0 Å². The van der Waals surface area contributed by atoms with Crippen LogP contribution < -0.4 is 10.4 Å². The van der Waals surface area contributed by atoms with Crippen molar-refractivity contribution in [3.63, 3.8) is 0 Å². The molecule has 2 aromatic carbocycles. The molecular weight excluding hydrogens is 192 g/mol. The highest BCUT2D eigenvalue weighted by Gasteiger charge is 1.98. The van der Waals surface area contributed by atoms with Gasteiger partial charge in [0, 0.05) is 0 Å². The van der Waals surface area contributed by atoms with Gasteiger partial charge in [0.05, 0.1) is 0 Å². The van der Waals surface area contributed by atoms with Crippen molar-refractivity contribution in [2.24, 2.45) is 0 Å². The molecule has 0 bridgehead atoms. The molecular formula is C16H16. The molecule has 0 unspecified atom stereocenters. The monoisotopic (exact) mass is 208 g/mol. The lowest BCUT2D eigenvalue weighted by molar-refractivity contribution is 1.45. The maximum absolute atomic E-state index is 4.06. The van der Waals surface area contributed by atoms with Crippen molar-refractivity contribution in [2.75, 3.05) is 0 Å². The summed E-state index contributed by atoms with van der Waals surface area (Å²) in [5.74, 6) is 0. The summed E-state index contributed by atoms with van der Waals surface area (Å²) in [6, 6.07) is 14.9. The van der Waals surface area contributed by atoms with E-state index in [1.807, 2.05) is 6.07 Å². The zero-order valence-electron chi connectivity index (χ0n) is 9.83. The Balaban J connectivity index is 2.70. The van der Waals surface area contributed by atoms with Gasteiger partial charge in [0.15, 0.2) is 0 Å².